The predicted molar refractivity (Wildman–Crippen MR) is 344 cm³/mol. The van der Waals surface area contributed by atoms with Crippen molar-refractivity contribution in [3.63, 3.8) is 0 Å². The summed E-state index contributed by atoms with van der Waals surface area (Å²) >= 11 is 0. The first-order valence-corrected chi connectivity index (χ1v) is 34.6. The van der Waals surface area contributed by atoms with Crippen LogP contribution in [0.2, 0.25) is 0 Å². The Morgan fingerprint density at radius 1 is 0.300 bits per heavy atom. The quantitative estimate of drug-likeness (QED) is 0.0411. The van der Waals surface area contributed by atoms with Crippen LogP contribution in [0.1, 0.15) is 308 Å². The second kappa shape index (κ2) is 44.7. The lowest BCUT2D eigenvalue weighted by molar-refractivity contribution is 0.248. The Bertz CT molecular complexity index is 2000. The molecule has 0 atom stereocenters. The van der Waals surface area contributed by atoms with Crippen LogP contribution in [0.25, 0.3) is 22.8 Å². The van der Waals surface area contributed by atoms with Gasteiger partial charge in [0.2, 0.25) is 0 Å². The number of rotatable bonds is 44. The van der Waals surface area contributed by atoms with Crippen LogP contribution < -0.4 is 9.47 Å². The lowest BCUT2D eigenvalue weighted by Gasteiger charge is -2.28. The molecule has 2 aromatic heterocycles. The normalized spacial score (nSPS) is 17.2. The molecule has 0 amide bonds. The van der Waals surface area contributed by atoms with Crippen molar-refractivity contribution in [2.24, 2.45) is 23.7 Å². The maximum atomic E-state index is 5.97. The van der Waals surface area contributed by atoms with E-state index in [9.17, 15) is 0 Å². The van der Waals surface area contributed by atoms with Gasteiger partial charge in [0, 0.05) is 35.9 Å². The molecule has 0 radical (unpaired) electrons. The van der Waals surface area contributed by atoms with E-state index in [1.54, 1.807) is 0 Å². The molecule has 0 N–H and O–H groups in total. The molecule has 2 saturated carbocycles. The van der Waals surface area contributed by atoms with Gasteiger partial charge in [0.25, 0.3) is 0 Å². The number of benzene rings is 2. The average molecular weight is 1100 g/mol. The molecule has 4 aromatic rings. The summed E-state index contributed by atoms with van der Waals surface area (Å²) in [5.41, 5.74) is 4.67. The van der Waals surface area contributed by atoms with Crippen molar-refractivity contribution < 1.29 is 9.47 Å². The summed E-state index contributed by atoms with van der Waals surface area (Å²) in [5, 5.41) is 0. The van der Waals surface area contributed by atoms with Crippen LogP contribution in [0.15, 0.2) is 73.3 Å². The topological polar surface area (TPSA) is 70.0 Å². The summed E-state index contributed by atoms with van der Waals surface area (Å²) in [6, 6.07) is 16.6. The highest BCUT2D eigenvalue weighted by atomic mass is 16.5. The fourth-order valence-electron chi connectivity index (χ4n) is 12.7. The second-order valence-corrected chi connectivity index (χ2v) is 25.2. The van der Waals surface area contributed by atoms with Gasteiger partial charge in [0.15, 0.2) is 11.6 Å². The molecule has 0 aliphatic heterocycles. The minimum atomic E-state index is 0.807. The van der Waals surface area contributed by atoms with E-state index in [1.807, 2.05) is 24.8 Å². The van der Waals surface area contributed by atoms with E-state index < -0.39 is 0 Å². The van der Waals surface area contributed by atoms with Crippen LogP contribution in [0.5, 0.6) is 11.5 Å². The van der Waals surface area contributed by atoms with Crippen molar-refractivity contribution in [3.8, 4) is 34.3 Å². The number of hydrogen-bond acceptors (Lipinski definition) is 6. The van der Waals surface area contributed by atoms with Crippen molar-refractivity contribution in [1.82, 2.24) is 19.9 Å². The summed E-state index contributed by atoms with van der Waals surface area (Å²) in [6.07, 6.45) is 68.6. The zero-order valence-electron chi connectivity index (χ0n) is 52.4. The van der Waals surface area contributed by atoms with Gasteiger partial charge < -0.3 is 9.47 Å². The summed E-state index contributed by atoms with van der Waals surface area (Å²) in [5.74, 6) is 7.29. The van der Waals surface area contributed by atoms with Crippen molar-refractivity contribution in [3.05, 3.63) is 84.4 Å². The first kappa shape index (κ1) is 67.0. The number of hydrogen-bond donors (Lipinski definition) is 0. The van der Waals surface area contributed by atoms with Gasteiger partial charge in [-0.1, -0.05) is 272 Å². The van der Waals surface area contributed by atoms with Gasteiger partial charge in [-0.2, -0.15) is 0 Å². The van der Waals surface area contributed by atoms with Crippen LogP contribution in [0.3, 0.4) is 0 Å². The molecule has 80 heavy (non-hydrogen) atoms. The van der Waals surface area contributed by atoms with Gasteiger partial charge in [0.1, 0.15) is 11.5 Å². The summed E-state index contributed by atoms with van der Waals surface area (Å²) in [4.78, 5) is 18.8. The average Bonchev–Trinajstić information content (AvgIpc) is 3.50. The Labute approximate surface area is 492 Å². The highest BCUT2D eigenvalue weighted by molar-refractivity contribution is 5.56. The van der Waals surface area contributed by atoms with E-state index in [0.717, 1.165) is 96.8 Å². The molecule has 0 bridgehead atoms. The largest absolute Gasteiger partial charge is 0.494 e. The molecule has 6 nitrogen and oxygen atoms in total. The maximum Gasteiger partial charge on any atom is 0.159 e. The number of ether oxygens (including phenoxy) is 2. The van der Waals surface area contributed by atoms with Gasteiger partial charge in [-0.15, -0.1) is 0 Å². The zero-order chi connectivity index (χ0) is 56.2. The van der Waals surface area contributed by atoms with Gasteiger partial charge in [-0.25, -0.2) is 19.9 Å². The van der Waals surface area contributed by atoms with Crippen LogP contribution >= 0.6 is 0 Å². The summed E-state index contributed by atoms with van der Waals surface area (Å²) in [7, 11) is 0. The Morgan fingerprint density at radius 3 is 0.838 bits per heavy atom. The van der Waals surface area contributed by atoms with Crippen molar-refractivity contribution in [2.45, 2.75) is 310 Å². The lowest BCUT2D eigenvalue weighted by atomic mass is 9.78. The number of aryl methyl sites for hydroxylation is 2. The predicted octanol–water partition coefficient (Wildman–Crippen LogP) is 23.1. The van der Waals surface area contributed by atoms with Gasteiger partial charge >= 0.3 is 0 Å². The van der Waals surface area contributed by atoms with Crippen LogP contribution in [-0.2, 0) is 12.8 Å². The fourth-order valence-corrected chi connectivity index (χ4v) is 12.7. The first-order chi connectivity index (χ1) is 39.6. The van der Waals surface area contributed by atoms with E-state index in [0.29, 0.717) is 0 Å². The van der Waals surface area contributed by atoms with Crippen LogP contribution in [0.4, 0.5) is 0 Å². The molecule has 2 aliphatic carbocycles. The Morgan fingerprint density at radius 2 is 0.550 bits per heavy atom. The Hall–Kier alpha value is -3.80. The standard InChI is InChI=1S/C38H62N2O.C36H58N2O/c1-3-5-7-9-11-12-14-16-18-30-41-37-28-26-36(27-29-37)38-39-31-35(32-40-38)25-24-34-22-20-33(21-23-34)19-17-15-13-10-8-6-4-2;1-3-5-7-9-10-11-12-14-16-28-39-35-26-24-34(25-27-35)36-37-29-33(30-38-36)23-22-32-20-18-31(19-21-32)17-15-13-8-6-4-2/h26-29,31-34H,3-25,30H2,1-2H3;24-27,29-32H,3-23,28H2,1-2H3. The molecule has 2 aliphatic rings. The molecular weight excluding hydrogens is 977 g/mol. The number of unbranched alkanes of at least 4 members (excludes halogenated alkanes) is 26. The molecule has 6 heteroatoms. The third-order valence-electron chi connectivity index (χ3n) is 18.2. The van der Waals surface area contributed by atoms with E-state index in [2.05, 4.69) is 86.2 Å². The fraction of sp³-hybridized carbons (Fsp3) is 0.730. The van der Waals surface area contributed by atoms with Crippen molar-refractivity contribution in [1.29, 1.82) is 0 Å². The Kier molecular flexibility index (Phi) is 37.5. The third-order valence-corrected chi connectivity index (χ3v) is 18.2. The minimum Gasteiger partial charge on any atom is -0.494 e. The van der Waals surface area contributed by atoms with Gasteiger partial charge in [-0.3, -0.25) is 0 Å². The highest BCUT2D eigenvalue weighted by Crippen LogP contribution is 2.36. The van der Waals surface area contributed by atoms with E-state index >= 15 is 0 Å². The molecule has 0 saturated heterocycles. The monoisotopic (exact) mass is 1100 g/mol. The maximum absolute atomic E-state index is 5.97. The molecule has 0 spiro atoms. The first-order valence-electron chi connectivity index (χ1n) is 34.6. The number of aromatic nitrogens is 4. The van der Waals surface area contributed by atoms with E-state index in [-0.39, 0.29) is 0 Å². The van der Waals surface area contributed by atoms with Crippen molar-refractivity contribution in [2.75, 3.05) is 13.2 Å². The molecular formula is C74H120N4O2. The van der Waals surface area contributed by atoms with E-state index in [1.165, 1.54) is 268 Å². The van der Waals surface area contributed by atoms with E-state index in [4.69, 9.17) is 19.4 Å². The van der Waals surface area contributed by atoms with Gasteiger partial charge in [-0.05, 0) is 122 Å². The molecule has 0 unspecified atom stereocenters. The zero-order valence-corrected chi connectivity index (χ0v) is 52.4. The smallest absolute Gasteiger partial charge is 0.159 e. The Balaban J connectivity index is 0.000000294. The summed E-state index contributed by atoms with van der Waals surface area (Å²) < 4.78 is 11.9. The van der Waals surface area contributed by atoms with Crippen LogP contribution in [0, 0.1) is 23.7 Å². The number of nitrogens with zero attached hydrogens (tertiary/aromatic N) is 4. The summed E-state index contributed by atoms with van der Waals surface area (Å²) in [6.45, 7) is 10.8. The minimum absolute atomic E-state index is 0.807. The SMILES string of the molecule is CCCCCCCCCCCOc1ccc(-c2ncc(CCC3CCC(CCCCCCC)CC3)cn2)cc1.CCCCCCCCCCCOc1ccc(-c2ncc(CCC3CCC(CCCCCCCCC)CC3)cn2)cc1. The lowest BCUT2D eigenvalue weighted by Crippen LogP contribution is -2.15. The van der Waals surface area contributed by atoms with Crippen LogP contribution in [-0.4, -0.2) is 33.1 Å². The van der Waals surface area contributed by atoms with Crippen molar-refractivity contribution >= 4 is 0 Å². The molecule has 6 rings (SSSR count). The second-order valence-electron chi connectivity index (χ2n) is 25.2. The molecule has 2 heterocycles. The molecule has 2 aromatic carbocycles. The third kappa shape index (κ3) is 30.5. The highest BCUT2D eigenvalue weighted by Gasteiger charge is 2.22. The van der Waals surface area contributed by atoms with Gasteiger partial charge in [0.05, 0.1) is 13.2 Å². The molecule has 2 fully saturated rings. The molecule has 448 valence electrons.